The van der Waals surface area contributed by atoms with Gasteiger partial charge in [0.05, 0.1) is 30.1 Å². The number of nitrogens with one attached hydrogen (secondary N) is 1. The lowest BCUT2D eigenvalue weighted by Gasteiger charge is -2.06. The largest absolute Gasteiger partial charge is 0.472 e. The summed E-state index contributed by atoms with van der Waals surface area (Å²) in [6.07, 6.45) is 5.05. The molecule has 1 aromatic carbocycles. The van der Waals surface area contributed by atoms with Gasteiger partial charge in [-0.1, -0.05) is 12.1 Å². The van der Waals surface area contributed by atoms with E-state index in [0.717, 1.165) is 33.8 Å². The van der Waals surface area contributed by atoms with Gasteiger partial charge in [-0.25, -0.2) is 9.50 Å². The fourth-order valence-electron chi connectivity index (χ4n) is 2.59. The molecule has 0 saturated carbocycles. The third-order valence-corrected chi connectivity index (χ3v) is 3.66. The molecule has 0 radical (unpaired) electrons. The standard InChI is InChI=1S/C18H14N4O2/c1-12(23)20-15-4-2-3-13(9-15)17-10-19-18-6-5-16(21-22(17)18)14-7-8-24-11-14/h2-11H,1H3,(H,20,23). The Labute approximate surface area is 137 Å². The zero-order valence-electron chi connectivity index (χ0n) is 12.9. The van der Waals surface area contributed by atoms with Crippen LogP contribution in [0.4, 0.5) is 5.69 Å². The third kappa shape index (κ3) is 2.54. The minimum Gasteiger partial charge on any atom is -0.472 e. The van der Waals surface area contributed by atoms with Gasteiger partial charge in [-0.05, 0) is 30.3 Å². The first kappa shape index (κ1) is 14.2. The van der Waals surface area contributed by atoms with Crippen molar-refractivity contribution in [1.29, 1.82) is 0 Å². The lowest BCUT2D eigenvalue weighted by atomic mass is 10.1. The summed E-state index contributed by atoms with van der Waals surface area (Å²) < 4.78 is 6.91. The number of carbonyl (C=O) groups excluding carboxylic acids is 1. The Morgan fingerprint density at radius 1 is 1.17 bits per heavy atom. The fraction of sp³-hybridized carbons (Fsp3) is 0.0556. The Morgan fingerprint density at radius 3 is 2.88 bits per heavy atom. The van der Waals surface area contributed by atoms with E-state index in [4.69, 9.17) is 4.42 Å². The number of amides is 1. The van der Waals surface area contributed by atoms with Crippen molar-refractivity contribution in [3.63, 3.8) is 0 Å². The molecule has 1 amide bonds. The van der Waals surface area contributed by atoms with Gasteiger partial charge in [0.15, 0.2) is 5.65 Å². The number of nitrogens with zero attached hydrogens (tertiary/aromatic N) is 3. The second-order valence-electron chi connectivity index (χ2n) is 5.41. The average Bonchev–Trinajstić information content (AvgIpc) is 3.23. The molecule has 3 heterocycles. The molecule has 1 N–H and O–H groups in total. The van der Waals surface area contributed by atoms with Crippen molar-refractivity contribution >= 4 is 17.2 Å². The second kappa shape index (κ2) is 5.66. The Bertz CT molecular complexity index is 1020. The number of anilines is 1. The molecule has 0 aliphatic rings. The molecule has 0 atom stereocenters. The Morgan fingerprint density at radius 2 is 2.08 bits per heavy atom. The van der Waals surface area contributed by atoms with Crippen LogP contribution in [0, 0.1) is 0 Å². The quantitative estimate of drug-likeness (QED) is 0.626. The minimum atomic E-state index is -0.106. The van der Waals surface area contributed by atoms with E-state index in [1.165, 1.54) is 6.92 Å². The Kier molecular flexibility index (Phi) is 3.35. The summed E-state index contributed by atoms with van der Waals surface area (Å²) in [6, 6.07) is 13.3. The summed E-state index contributed by atoms with van der Waals surface area (Å²) in [7, 11) is 0. The molecule has 118 valence electrons. The van der Waals surface area contributed by atoms with Crippen LogP contribution in [-0.4, -0.2) is 20.5 Å². The SMILES string of the molecule is CC(=O)Nc1cccc(-c2cnc3ccc(-c4ccoc4)nn23)c1. The van der Waals surface area contributed by atoms with Gasteiger partial charge in [0.1, 0.15) is 0 Å². The molecular weight excluding hydrogens is 304 g/mol. The molecule has 0 aliphatic heterocycles. The smallest absolute Gasteiger partial charge is 0.221 e. The molecule has 0 saturated heterocycles. The summed E-state index contributed by atoms with van der Waals surface area (Å²) in [5, 5.41) is 7.44. The second-order valence-corrected chi connectivity index (χ2v) is 5.41. The summed E-state index contributed by atoms with van der Waals surface area (Å²) in [4.78, 5) is 15.6. The van der Waals surface area contributed by atoms with Crippen LogP contribution in [0.15, 0.2) is 65.6 Å². The van der Waals surface area contributed by atoms with Gasteiger partial charge in [0, 0.05) is 23.7 Å². The third-order valence-electron chi connectivity index (χ3n) is 3.66. The first-order chi connectivity index (χ1) is 11.7. The molecule has 0 fully saturated rings. The van der Waals surface area contributed by atoms with Crippen molar-refractivity contribution in [2.24, 2.45) is 0 Å². The molecule has 4 rings (SSSR count). The Balaban J connectivity index is 1.82. The number of furan rings is 1. The molecule has 6 nitrogen and oxygen atoms in total. The van der Waals surface area contributed by atoms with Crippen molar-refractivity contribution in [1.82, 2.24) is 14.6 Å². The predicted molar refractivity (Wildman–Crippen MR) is 90.4 cm³/mol. The van der Waals surface area contributed by atoms with Crippen LogP contribution in [0.5, 0.6) is 0 Å². The molecule has 0 bridgehead atoms. The molecule has 3 aromatic heterocycles. The first-order valence-corrected chi connectivity index (χ1v) is 7.46. The van der Waals surface area contributed by atoms with E-state index in [9.17, 15) is 4.79 Å². The van der Waals surface area contributed by atoms with Crippen molar-refractivity contribution in [3.8, 4) is 22.5 Å². The lowest BCUT2D eigenvalue weighted by Crippen LogP contribution is -2.05. The highest BCUT2D eigenvalue weighted by Gasteiger charge is 2.10. The van der Waals surface area contributed by atoms with Crippen molar-refractivity contribution in [2.45, 2.75) is 6.92 Å². The first-order valence-electron chi connectivity index (χ1n) is 7.46. The topological polar surface area (TPSA) is 72.4 Å². The maximum Gasteiger partial charge on any atom is 0.221 e. The number of rotatable bonds is 3. The van der Waals surface area contributed by atoms with Gasteiger partial charge in [0.2, 0.25) is 5.91 Å². The van der Waals surface area contributed by atoms with E-state index < -0.39 is 0 Å². The van der Waals surface area contributed by atoms with Crippen LogP contribution in [0.25, 0.3) is 28.2 Å². The average molecular weight is 318 g/mol. The molecule has 0 aliphatic carbocycles. The molecule has 24 heavy (non-hydrogen) atoms. The molecule has 4 aromatic rings. The number of benzene rings is 1. The molecule has 0 spiro atoms. The van der Waals surface area contributed by atoms with E-state index in [1.54, 1.807) is 23.2 Å². The zero-order valence-corrected chi connectivity index (χ0v) is 12.9. The van der Waals surface area contributed by atoms with Crippen molar-refractivity contribution in [2.75, 3.05) is 5.32 Å². The van der Waals surface area contributed by atoms with Gasteiger partial charge in [0.25, 0.3) is 0 Å². The van der Waals surface area contributed by atoms with Crippen LogP contribution in [0.1, 0.15) is 6.92 Å². The number of imidazole rings is 1. The van der Waals surface area contributed by atoms with E-state index in [-0.39, 0.29) is 5.91 Å². The van der Waals surface area contributed by atoms with Crippen LogP contribution in [-0.2, 0) is 4.79 Å². The van der Waals surface area contributed by atoms with Crippen LogP contribution in [0.3, 0.4) is 0 Å². The number of aromatic nitrogens is 3. The number of hydrogen-bond acceptors (Lipinski definition) is 4. The number of carbonyl (C=O) groups is 1. The highest BCUT2D eigenvalue weighted by molar-refractivity contribution is 5.89. The maximum atomic E-state index is 11.2. The van der Waals surface area contributed by atoms with Gasteiger partial charge in [-0.15, -0.1) is 0 Å². The highest BCUT2D eigenvalue weighted by Crippen LogP contribution is 2.25. The minimum absolute atomic E-state index is 0.106. The van der Waals surface area contributed by atoms with Gasteiger partial charge < -0.3 is 9.73 Å². The molecular formula is C18H14N4O2. The monoisotopic (exact) mass is 318 g/mol. The molecule has 0 unspecified atom stereocenters. The van der Waals surface area contributed by atoms with Crippen LogP contribution < -0.4 is 5.32 Å². The van der Waals surface area contributed by atoms with Gasteiger partial charge in [-0.3, -0.25) is 4.79 Å². The zero-order chi connectivity index (χ0) is 16.5. The maximum absolute atomic E-state index is 11.2. The summed E-state index contributed by atoms with van der Waals surface area (Å²) in [5.41, 5.74) is 4.97. The van der Waals surface area contributed by atoms with Crippen molar-refractivity contribution < 1.29 is 9.21 Å². The number of hydrogen-bond donors (Lipinski definition) is 1. The Hall–Kier alpha value is -3.41. The van der Waals surface area contributed by atoms with E-state index >= 15 is 0 Å². The van der Waals surface area contributed by atoms with E-state index in [0.29, 0.717) is 0 Å². The number of fused-ring (bicyclic) bond motifs is 1. The van der Waals surface area contributed by atoms with Crippen LogP contribution >= 0.6 is 0 Å². The molecule has 6 heteroatoms. The summed E-state index contributed by atoms with van der Waals surface area (Å²) in [6.45, 7) is 1.49. The van der Waals surface area contributed by atoms with Gasteiger partial charge in [-0.2, -0.15) is 5.10 Å². The summed E-state index contributed by atoms with van der Waals surface area (Å²) >= 11 is 0. The normalized spacial score (nSPS) is 10.9. The van der Waals surface area contributed by atoms with E-state index in [1.807, 2.05) is 42.5 Å². The van der Waals surface area contributed by atoms with Gasteiger partial charge >= 0.3 is 0 Å². The summed E-state index contributed by atoms with van der Waals surface area (Å²) in [5.74, 6) is -0.106. The highest BCUT2D eigenvalue weighted by atomic mass is 16.3. The van der Waals surface area contributed by atoms with Crippen LogP contribution in [0.2, 0.25) is 0 Å². The van der Waals surface area contributed by atoms with Crippen molar-refractivity contribution in [3.05, 3.63) is 61.2 Å². The van der Waals surface area contributed by atoms with E-state index in [2.05, 4.69) is 15.4 Å². The fourth-order valence-corrected chi connectivity index (χ4v) is 2.59. The predicted octanol–water partition coefficient (Wildman–Crippen LogP) is 3.61. The lowest BCUT2D eigenvalue weighted by molar-refractivity contribution is -0.114.